The Balaban J connectivity index is 1.66. The van der Waals surface area contributed by atoms with Crippen molar-refractivity contribution in [1.82, 2.24) is 14.5 Å². The van der Waals surface area contributed by atoms with Crippen LogP contribution in [-0.4, -0.2) is 35.6 Å². The van der Waals surface area contributed by atoms with Crippen molar-refractivity contribution in [1.29, 1.82) is 0 Å². The number of imidazole rings is 1. The highest BCUT2D eigenvalue weighted by molar-refractivity contribution is 6.74. The first-order valence-corrected chi connectivity index (χ1v) is 11.7. The number of nitrogens with zero attached hydrogens (tertiary/aromatic N) is 3. The van der Waals surface area contributed by atoms with Crippen LogP contribution >= 0.6 is 11.6 Å². The summed E-state index contributed by atoms with van der Waals surface area (Å²) in [5.74, 6) is 0. The monoisotopic (exact) mass is 367 g/mol. The van der Waals surface area contributed by atoms with E-state index in [9.17, 15) is 0 Å². The van der Waals surface area contributed by atoms with Gasteiger partial charge in [0.1, 0.15) is 11.7 Å². The lowest BCUT2D eigenvalue weighted by Gasteiger charge is -2.36. The molecule has 2 atom stereocenters. The van der Waals surface area contributed by atoms with E-state index in [2.05, 4.69) is 48.4 Å². The van der Waals surface area contributed by atoms with Gasteiger partial charge in [0.15, 0.2) is 13.5 Å². The smallest absolute Gasteiger partial charge is 0.192 e. The van der Waals surface area contributed by atoms with E-state index in [0.717, 1.165) is 23.9 Å². The molecule has 2 aromatic rings. The summed E-state index contributed by atoms with van der Waals surface area (Å²) >= 11 is 6.11. The number of rotatable bonds is 4. The minimum Gasteiger partial charge on any atom is -0.414 e. The molecule has 2 aromatic heterocycles. The molecule has 3 heterocycles. The molecule has 0 saturated carbocycles. The van der Waals surface area contributed by atoms with Crippen LogP contribution in [0.4, 0.5) is 0 Å². The highest BCUT2D eigenvalue weighted by atomic mass is 35.5. The fourth-order valence-electron chi connectivity index (χ4n) is 2.69. The Kier molecular flexibility index (Phi) is 4.77. The highest BCUT2D eigenvalue weighted by Gasteiger charge is 2.38. The zero-order valence-corrected chi connectivity index (χ0v) is 16.8. The van der Waals surface area contributed by atoms with Gasteiger partial charge in [-0.15, -0.1) is 0 Å². The molecule has 1 fully saturated rings. The van der Waals surface area contributed by atoms with Crippen molar-refractivity contribution in [3.8, 4) is 0 Å². The second-order valence-corrected chi connectivity index (χ2v) is 13.2. The molecule has 5 nitrogen and oxygen atoms in total. The van der Waals surface area contributed by atoms with Crippen LogP contribution in [0.15, 0.2) is 18.6 Å². The van der Waals surface area contributed by atoms with Crippen molar-refractivity contribution < 1.29 is 9.16 Å². The molecule has 0 bridgehead atoms. The average Bonchev–Trinajstić information content (AvgIpc) is 3.10. The maximum Gasteiger partial charge on any atom is 0.192 e. The fourth-order valence-corrected chi connectivity index (χ4v) is 3.93. The summed E-state index contributed by atoms with van der Waals surface area (Å²) < 4.78 is 14.6. The third-order valence-corrected chi connectivity index (χ3v) is 10.1. The van der Waals surface area contributed by atoms with Crippen LogP contribution in [0.3, 0.4) is 0 Å². The van der Waals surface area contributed by atoms with Gasteiger partial charge in [-0.2, -0.15) is 0 Å². The van der Waals surface area contributed by atoms with E-state index in [1.54, 1.807) is 12.5 Å². The van der Waals surface area contributed by atoms with E-state index in [-0.39, 0.29) is 17.4 Å². The third-order valence-electron chi connectivity index (χ3n) is 5.28. The first kappa shape index (κ1) is 17.9. The van der Waals surface area contributed by atoms with Gasteiger partial charge in [0, 0.05) is 6.20 Å². The zero-order valence-electron chi connectivity index (χ0n) is 15.0. The lowest BCUT2D eigenvalue weighted by atomic mass is 10.2. The zero-order chi connectivity index (χ0) is 17.5. The van der Waals surface area contributed by atoms with E-state index in [0.29, 0.717) is 11.8 Å². The molecule has 1 aliphatic heterocycles. The van der Waals surface area contributed by atoms with Gasteiger partial charge in [-0.3, -0.25) is 0 Å². The first-order valence-electron chi connectivity index (χ1n) is 8.45. The first-order chi connectivity index (χ1) is 11.2. The number of fused-ring (bicyclic) bond motifs is 1. The molecular formula is C17H26ClN3O2Si. The van der Waals surface area contributed by atoms with Crippen LogP contribution in [0.5, 0.6) is 0 Å². The van der Waals surface area contributed by atoms with Crippen LogP contribution in [0.1, 0.15) is 39.8 Å². The molecule has 0 unspecified atom stereocenters. The van der Waals surface area contributed by atoms with Gasteiger partial charge in [0.05, 0.1) is 24.6 Å². The minimum absolute atomic E-state index is 0.0125. The van der Waals surface area contributed by atoms with Crippen molar-refractivity contribution in [2.75, 3.05) is 6.61 Å². The molecule has 0 radical (unpaired) electrons. The van der Waals surface area contributed by atoms with E-state index in [1.807, 2.05) is 6.07 Å². The van der Waals surface area contributed by atoms with Crippen molar-refractivity contribution in [3.63, 3.8) is 0 Å². The molecule has 0 aromatic carbocycles. The normalized spacial score (nSPS) is 22.4. The summed E-state index contributed by atoms with van der Waals surface area (Å²) in [6.45, 7) is 12.0. The molecule has 7 heteroatoms. The van der Waals surface area contributed by atoms with E-state index in [4.69, 9.17) is 20.8 Å². The Morgan fingerprint density at radius 3 is 2.79 bits per heavy atom. The summed E-state index contributed by atoms with van der Waals surface area (Å²) in [7, 11) is -1.74. The van der Waals surface area contributed by atoms with E-state index < -0.39 is 8.32 Å². The molecule has 1 saturated heterocycles. The predicted molar refractivity (Wildman–Crippen MR) is 98.8 cm³/mol. The summed E-state index contributed by atoms with van der Waals surface area (Å²) in [6.07, 6.45) is 5.57. The van der Waals surface area contributed by atoms with Crippen LogP contribution in [0, 0.1) is 0 Å². The number of aromatic nitrogens is 3. The topological polar surface area (TPSA) is 49.2 Å². The summed E-state index contributed by atoms with van der Waals surface area (Å²) in [4.78, 5) is 8.44. The van der Waals surface area contributed by atoms with Crippen LogP contribution in [0.25, 0.3) is 11.0 Å². The quantitative estimate of drug-likeness (QED) is 0.576. The van der Waals surface area contributed by atoms with Gasteiger partial charge in [-0.05, 0) is 37.0 Å². The second kappa shape index (κ2) is 6.41. The van der Waals surface area contributed by atoms with Crippen LogP contribution < -0.4 is 0 Å². The Labute approximate surface area is 149 Å². The largest absolute Gasteiger partial charge is 0.414 e. The Bertz CT molecular complexity index is 726. The number of pyridine rings is 1. The van der Waals surface area contributed by atoms with Crippen molar-refractivity contribution in [2.24, 2.45) is 0 Å². The molecule has 0 spiro atoms. The number of hydrogen-bond acceptors (Lipinski definition) is 4. The standard InChI is InChI=1S/C17H26ClN3O2Si/c1-17(2,3)24(4,5)22-10-12-6-7-14(23-12)21-11-20-15-13(21)8-9-19-16(15)18/h8-9,11-12,14H,6-7,10H2,1-5H3/t12-,14-/m0/s1. The van der Waals surface area contributed by atoms with E-state index >= 15 is 0 Å². The van der Waals surface area contributed by atoms with Gasteiger partial charge in [0.2, 0.25) is 0 Å². The average molecular weight is 368 g/mol. The number of ether oxygens (including phenoxy) is 1. The predicted octanol–water partition coefficient (Wildman–Crippen LogP) is 4.78. The van der Waals surface area contributed by atoms with Gasteiger partial charge in [-0.1, -0.05) is 32.4 Å². The van der Waals surface area contributed by atoms with Crippen molar-refractivity contribution in [3.05, 3.63) is 23.7 Å². The molecule has 132 valence electrons. The second-order valence-electron chi connectivity index (χ2n) is 7.98. The van der Waals surface area contributed by atoms with Crippen molar-refractivity contribution >= 4 is 31.0 Å². The molecule has 1 aliphatic rings. The van der Waals surface area contributed by atoms with Gasteiger partial charge >= 0.3 is 0 Å². The molecule has 24 heavy (non-hydrogen) atoms. The third kappa shape index (κ3) is 3.38. The lowest BCUT2D eigenvalue weighted by Crippen LogP contribution is -2.42. The summed E-state index contributed by atoms with van der Waals surface area (Å²) in [6, 6.07) is 1.93. The maximum atomic E-state index is 6.31. The van der Waals surface area contributed by atoms with Crippen LogP contribution in [-0.2, 0) is 9.16 Å². The van der Waals surface area contributed by atoms with Crippen LogP contribution in [0.2, 0.25) is 23.3 Å². The minimum atomic E-state index is -1.74. The number of hydrogen-bond donors (Lipinski definition) is 0. The molecule has 0 N–H and O–H groups in total. The Hall–Kier alpha value is -0.953. The maximum absolute atomic E-state index is 6.31. The number of halogens is 1. The SMILES string of the molecule is CC(C)(C)[Si](C)(C)OC[C@@H]1CC[C@@H](n2cnc3c(Cl)nccc32)O1. The lowest BCUT2D eigenvalue weighted by molar-refractivity contribution is -0.0179. The molecular weight excluding hydrogens is 342 g/mol. The fraction of sp³-hybridized carbons (Fsp3) is 0.647. The summed E-state index contributed by atoms with van der Waals surface area (Å²) in [5, 5.41) is 0.650. The van der Waals surface area contributed by atoms with Gasteiger partial charge < -0.3 is 13.7 Å². The molecule has 0 amide bonds. The molecule has 3 rings (SSSR count). The van der Waals surface area contributed by atoms with Gasteiger partial charge in [0.25, 0.3) is 0 Å². The Morgan fingerprint density at radius 1 is 1.33 bits per heavy atom. The summed E-state index contributed by atoms with van der Waals surface area (Å²) in [5.41, 5.74) is 1.69. The molecule has 0 aliphatic carbocycles. The highest BCUT2D eigenvalue weighted by Crippen LogP contribution is 2.38. The van der Waals surface area contributed by atoms with Crippen molar-refractivity contribution in [2.45, 2.75) is 64.1 Å². The van der Waals surface area contributed by atoms with E-state index in [1.165, 1.54) is 0 Å². The Morgan fingerprint density at radius 2 is 2.08 bits per heavy atom. The van der Waals surface area contributed by atoms with Gasteiger partial charge in [-0.25, -0.2) is 9.97 Å².